The number of rotatable bonds is 3. The largest absolute Gasteiger partial charge is 0.392 e. The van der Waals surface area contributed by atoms with Crippen molar-refractivity contribution < 1.29 is 9.84 Å². The number of nitrogens with zero attached hydrogens (tertiary/aromatic N) is 1. The zero-order valence-electron chi connectivity index (χ0n) is 11.3. The van der Waals surface area contributed by atoms with Gasteiger partial charge in [-0.2, -0.15) is 11.8 Å². The monoisotopic (exact) mass is 299 g/mol. The number of aliphatic hydroxyl groups excluding tert-OH is 1. The fraction of sp³-hybridized carbons (Fsp3) is 0.786. The predicted octanol–water partition coefficient (Wildman–Crippen LogP) is 2.66. The van der Waals surface area contributed by atoms with Crippen molar-refractivity contribution in [2.75, 3.05) is 18.1 Å². The summed E-state index contributed by atoms with van der Waals surface area (Å²) in [4.78, 5) is 4.46. The van der Waals surface area contributed by atoms with Crippen LogP contribution in [0.2, 0.25) is 0 Å². The molecule has 19 heavy (non-hydrogen) atoms. The van der Waals surface area contributed by atoms with Gasteiger partial charge in [0.15, 0.2) is 0 Å². The number of thioether (sulfide) groups is 1. The van der Waals surface area contributed by atoms with Crippen molar-refractivity contribution in [1.29, 1.82) is 0 Å². The van der Waals surface area contributed by atoms with E-state index in [1.54, 1.807) is 11.3 Å². The van der Waals surface area contributed by atoms with E-state index < -0.39 is 0 Å². The third-order valence-electron chi connectivity index (χ3n) is 4.19. The third kappa shape index (κ3) is 3.15. The maximum atomic E-state index is 10.5. The van der Waals surface area contributed by atoms with Crippen LogP contribution in [0.15, 0.2) is 5.38 Å². The molecule has 2 aliphatic heterocycles. The van der Waals surface area contributed by atoms with E-state index >= 15 is 0 Å². The van der Waals surface area contributed by atoms with Crippen LogP contribution in [0.5, 0.6) is 0 Å². The molecule has 3 nitrogen and oxygen atoms in total. The Morgan fingerprint density at radius 3 is 3.21 bits per heavy atom. The molecule has 0 radical (unpaired) electrons. The minimum absolute atomic E-state index is 0.0629. The van der Waals surface area contributed by atoms with Gasteiger partial charge in [-0.05, 0) is 37.9 Å². The molecule has 1 spiro atoms. The van der Waals surface area contributed by atoms with E-state index in [2.05, 4.69) is 10.4 Å². The molecule has 1 aromatic rings. The number of hydrogen-bond acceptors (Lipinski definition) is 5. The predicted molar refractivity (Wildman–Crippen MR) is 79.9 cm³/mol. The molecule has 2 aliphatic rings. The second kappa shape index (κ2) is 5.72. The molecule has 0 aliphatic carbocycles. The number of aryl methyl sites for hydroxylation is 1. The van der Waals surface area contributed by atoms with E-state index in [0.29, 0.717) is 12.3 Å². The zero-order valence-corrected chi connectivity index (χ0v) is 12.9. The van der Waals surface area contributed by atoms with Gasteiger partial charge in [0.05, 0.1) is 16.7 Å². The molecule has 0 amide bonds. The Bertz CT molecular complexity index is 429. The van der Waals surface area contributed by atoms with Gasteiger partial charge in [-0.1, -0.05) is 0 Å². The van der Waals surface area contributed by atoms with E-state index in [4.69, 9.17) is 4.74 Å². The zero-order chi connectivity index (χ0) is 13.3. The van der Waals surface area contributed by atoms with Crippen LogP contribution < -0.4 is 0 Å². The normalized spacial score (nSPS) is 32.8. The summed E-state index contributed by atoms with van der Waals surface area (Å²) in [5, 5.41) is 13.6. The topological polar surface area (TPSA) is 42.4 Å². The van der Waals surface area contributed by atoms with Gasteiger partial charge >= 0.3 is 0 Å². The van der Waals surface area contributed by atoms with Crippen LogP contribution in [0.25, 0.3) is 0 Å². The van der Waals surface area contributed by atoms with Crippen molar-refractivity contribution in [2.45, 2.75) is 44.3 Å². The Balaban J connectivity index is 1.61. The lowest BCUT2D eigenvalue weighted by molar-refractivity contribution is -0.101. The van der Waals surface area contributed by atoms with Crippen LogP contribution in [-0.4, -0.2) is 39.9 Å². The third-order valence-corrected chi connectivity index (χ3v) is 6.40. The highest BCUT2D eigenvalue weighted by Gasteiger charge is 2.42. The minimum atomic E-state index is -0.267. The molecule has 3 atom stereocenters. The summed E-state index contributed by atoms with van der Waals surface area (Å²) in [5.74, 6) is 2.68. The highest BCUT2D eigenvalue weighted by Crippen LogP contribution is 2.41. The molecule has 0 saturated carbocycles. The van der Waals surface area contributed by atoms with Gasteiger partial charge in [0.2, 0.25) is 0 Å². The Morgan fingerprint density at radius 2 is 2.53 bits per heavy atom. The van der Waals surface area contributed by atoms with Gasteiger partial charge < -0.3 is 9.84 Å². The summed E-state index contributed by atoms with van der Waals surface area (Å²) in [6, 6.07) is 0. The number of ether oxygens (including phenoxy) is 1. The lowest BCUT2D eigenvalue weighted by Crippen LogP contribution is -2.43. The standard InChI is InChI=1S/C14H21NO2S2/c1-10-8-19-13(15-10)6-12(16)11-2-4-17-14(7-11)3-5-18-9-14/h8,11-12,16H,2-7,9H2,1H3. The molecule has 3 unspecified atom stereocenters. The first kappa shape index (κ1) is 13.9. The molecule has 1 aromatic heterocycles. The summed E-state index contributed by atoms with van der Waals surface area (Å²) >= 11 is 3.64. The fourth-order valence-corrected chi connectivity index (χ4v) is 5.30. The Morgan fingerprint density at radius 1 is 1.63 bits per heavy atom. The molecule has 2 fully saturated rings. The van der Waals surface area contributed by atoms with Crippen LogP contribution in [0.4, 0.5) is 0 Å². The van der Waals surface area contributed by atoms with Gasteiger partial charge in [-0.25, -0.2) is 4.98 Å². The number of aromatic nitrogens is 1. The summed E-state index contributed by atoms with van der Waals surface area (Å²) in [5.41, 5.74) is 1.12. The number of thiazole rings is 1. The van der Waals surface area contributed by atoms with E-state index in [1.807, 2.05) is 18.7 Å². The highest BCUT2D eigenvalue weighted by molar-refractivity contribution is 7.99. The average Bonchev–Trinajstić information content (AvgIpc) is 3.00. The maximum absolute atomic E-state index is 10.5. The molecule has 3 heterocycles. The molecule has 5 heteroatoms. The first-order valence-corrected chi connectivity index (χ1v) is 9.01. The van der Waals surface area contributed by atoms with Crippen molar-refractivity contribution in [3.05, 3.63) is 16.1 Å². The SMILES string of the molecule is Cc1csc(CC(O)C2CCOC3(CCSC3)C2)n1. The van der Waals surface area contributed by atoms with Crippen molar-refractivity contribution in [2.24, 2.45) is 5.92 Å². The molecular weight excluding hydrogens is 278 g/mol. The summed E-state index contributed by atoms with van der Waals surface area (Å²) in [6.07, 6.45) is 3.59. The van der Waals surface area contributed by atoms with Gasteiger partial charge in [0.25, 0.3) is 0 Å². The van der Waals surface area contributed by atoms with Crippen LogP contribution in [0.1, 0.15) is 30.0 Å². The molecule has 0 bridgehead atoms. The van der Waals surface area contributed by atoms with Crippen molar-refractivity contribution >= 4 is 23.1 Å². The first-order valence-electron chi connectivity index (χ1n) is 6.98. The molecular formula is C14H21NO2S2. The second-order valence-electron chi connectivity index (χ2n) is 5.74. The average molecular weight is 299 g/mol. The summed E-state index contributed by atoms with van der Waals surface area (Å²) in [7, 11) is 0. The van der Waals surface area contributed by atoms with E-state index in [1.165, 1.54) is 5.75 Å². The molecule has 1 N–H and O–H groups in total. The van der Waals surface area contributed by atoms with Crippen LogP contribution in [-0.2, 0) is 11.2 Å². The van der Waals surface area contributed by atoms with Crippen molar-refractivity contribution in [3.63, 3.8) is 0 Å². The lowest BCUT2D eigenvalue weighted by Gasteiger charge is -2.39. The summed E-state index contributed by atoms with van der Waals surface area (Å²) < 4.78 is 6.02. The quantitative estimate of drug-likeness (QED) is 0.932. The highest BCUT2D eigenvalue weighted by atomic mass is 32.2. The minimum Gasteiger partial charge on any atom is -0.392 e. The van der Waals surface area contributed by atoms with Crippen LogP contribution in [0, 0.1) is 12.8 Å². The van der Waals surface area contributed by atoms with E-state index in [0.717, 1.165) is 42.3 Å². The molecule has 106 valence electrons. The van der Waals surface area contributed by atoms with Gasteiger partial charge in [0, 0.05) is 29.9 Å². The van der Waals surface area contributed by atoms with Gasteiger partial charge in [-0.3, -0.25) is 0 Å². The molecule has 0 aromatic carbocycles. The Labute approximate surface area is 122 Å². The number of hydrogen-bond donors (Lipinski definition) is 1. The van der Waals surface area contributed by atoms with Crippen molar-refractivity contribution in [3.8, 4) is 0 Å². The Kier molecular flexibility index (Phi) is 4.17. The summed E-state index contributed by atoms with van der Waals surface area (Å²) in [6.45, 7) is 2.81. The fourth-order valence-electron chi connectivity index (χ4n) is 3.10. The van der Waals surface area contributed by atoms with E-state index in [9.17, 15) is 5.11 Å². The lowest BCUT2D eigenvalue weighted by atomic mass is 9.81. The number of aliphatic hydroxyl groups is 1. The maximum Gasteiger partial charge on any atom is 0.0954 e. The molecule has 3 rings (SSSR count). The van der Waals surface area contributed by atoms with Crippen LogP contribution >= 0.6 is 23.1 Å². The van der Waals surface area contributed by atoms with Gasteiger partial charge in [0.1, 0.15) is 0 Å². The Hall–Kier alpha value is -0.100. The van der Waals surface area contributed by atoms with Crippen molar-refractivity contribution in [1.82, 2.24) is 4.98 Å². The van der Waals surface area contributed by atoms with E-state index in [-0.39, 0.29) is 11.7 Å². The van der Waals surface area contributed by atoms with Gasteiger partial charge in [-0.15, -0.1) is 11.3 Å². The first-order chi connectivity index (χ1) is 9.17. The van der Waals surface area contributed by atoms with Crippen LogP contribution in [0.3, 0.4) is 0 Å². The molecule has 2 saturated heterocycles. The smallest absolute Gasteiger partial charge is 0.0954 e. The second-order valence-corrected chi connectivity index (χ2v) is 7.79.